The molecule has 5 aliphatic rings. The number of amides is 5. The van der Waals surface area contributed by atoms with Gasteiger partial charge in [-0.3, -0.25) is 39.1 Å². The molecule has 13 nitrogen and oxygen atoms in total. The Morgan fingerprint density at radius 3 is 2.10 bits per heavy atom. The number of nitrogens with one attached hydrogen (secondary N) is 2. The lowest BCUT2D eigenvalue weighted by atomic mass is 9.49. The molecular weight excluding hydrogens is 782 g/mol. The number of benzene rings is 3. The summed E-state index contributed by atoms with van der Waals surface area (Å²) < 4.78 is 6.39. The van der Waals surface area contributed by atoms with Gasteiger partial charge in [-0.25, -0.2) is 0 Å². The van der Waals surface area contributed by atoms with Gasteiger partial charge in [-0.1, -0.05) is 46.2 Å². The molecular formula is C46H52ClN7O6. The fourth-order valence-corrected chi connectivity index (χ4v) is 10.7. The van der Waals surface area contributed by atoms with E-state index in [4.69, 9.17) is 16.3 Å². The summed E-state index contributed by atoms with van der Waals surface area (Å²) >= 11 is 6.26. The molecule has 1 atom stereocenters. The van der Waals surface area contributed by atoms with Crippen LogP contribution in [0.1, 0.15) is 96.9 Å². The number of carbonyl (C=O) groups is 5. The second kappa shape index (κ2) is 15.5. The van der Waals surface area contributed by atoms with E-state index in [0.717, 1.165) is 74.9 Å². The number of halogens is 1. The predicted octanol–water partition coefficient (Wildman–Crippen LogP) is 5.65. The van der Waals surface area contributed by atoms with E-state index in [0.29, 0.717) is 33.0 Å². The van der Waals surface area contributed by atoms with Gasteiger partial charge < -0.3 is 19.9 Å². The second-order valence-electron chi connectivity index (χ2n) is 18.6. The van der Waals surface area contributed by atoms with Crippen LogP contribution in [0.15, 0.2) is 60.7 Å². The maximum absolute atomic E-state index is 13.5. The Morgan fingerprint density at radius 1 is 0.833 bits per heavy atom. The molecule has 0 aromatic heterocycles. The summed E-state index contributed by atoms with van der Waals surface area (Å²) in [6.45, 7) is 17.0. The van der Waals surface area contributed by atoms with Gasteiger partial charge in [-0.05, 0) is 79.3 Å². The number of hydrogen-bond acceptors (Lipinski definition) is 10. The van der Waals surface area contributed by atoms with E-state index in [1.807, 2.05) is 30.3 Å². The van der Waals surface area contributed by atoms with E-state index >= 15 is 0 Å². The van der Waals surface area contributed by atoms with E-state index in [2.05, 4.69) is 66.0 Å². The van der Waals surface area contributed by atoms with Gasteiger partial charge in [0.25, 0.3) is 17.7 Å². The number of nitriles is 1. The van der Waals surface area contributed by atoms with Crippen molar-refractivity contribution in [3.63, 3.8) is 0 Å². The maximum atomic E-state index is 13.5. The first-order chi connectivity index (χ1) is 28.5. The molecule has 3 aromatic carbocycles. The van der Waals surface area contributed by atoms with Crippen LogP contribution in [-0.2, 0) is 9.59 Å². The molecule has 0 bridgehead atoms. The molecule has 8 rings (SSSR count). The SMILES string of the molecule is CC1(CN2CCN(c3ccc(C(=O)NC4C(C)(C)C(Oc5ccc(C#N)c(Cl)c5)C4(C)C)cc3)CC2)CCN(c2ccc3c(c2)C(=O)N(C2CCC(=O)NC2=O)C3=O)CC1. The van der Waals surface area contributed by atoms with Gasteiger partial charge >= 0.3 is 0 Å². The fourth-order valence-electron chi connectivity index (χ4n) is 10.5. The maximum Gasteiger partial charge on any atom is 0.262 e. The summed E-state index contributed by atoms with van der Waals surface area (Å²) in [6, 6.07) is 19.3. The van der Waals surface area contributed by atoms with Crippen LogP contribution in [0.2, 0.25) is 5.02 Å². The van der Waals surface area contributed by atoms with E-state index in [1.165, 1.54) is 0 Å². The number of rotatable bonds is 9. The van der Waals surface area contributed by atoms with Crippen molar-refractivity contribution in [1.82, 2.24) is 20.4 Å². The Morgan fingerprint density at radius 2 is 1.47 bits per heavy atom. The predicted molar refractivity (Wildman–Crippen MR) is 227 cm³/mol. The summed E-state index contributed by atoms with van der Waals surface area (Å²) in [5.74, 6) is -1.50. The standard InChI is InChI=1S/C46H52ClN7O6/c1-44(2)42(45(3,4)43(44)60-32-12-8-29(26-48)35(47)25-32)50-38(56)28-6-9-30(10-7-28)53-22-20-51(21-23-53)27-46(5)16-18-52(19-17-46)31-11-13-33-34(24-31)41(59)54(40(33)58)36-14-15-37(55)49-39(36)57/h6-13,24-25,36,42-43H,14-23,27H2,1-5H3,(H,50,56)(H,49,55,57). The molecule has 1 aliphatic carbocycles. The van der Waals surface area contributed by atoms with Crippen molar-refractivity contribution in [2.75, 3.05) is 55.6 Å². The quantitative estimate of drug-likeness (QED) is 0.259. The van der Waals surface area contributed by atoms with Crippen LogP contribution in [0.5, 0.6) is 5.75 Å². The zero-order valence-electron chi connectivity index (χ0n) is 34.8. The van der Waals surface area contributed by atoms with Crippen LogP contribution in [0.4, 0.5) is 11.4 Å². The van der Waals surface area contributed by atoms with Crippen LogP contribution >= 0.6 is 11.6 Å². The Hall–Kier alpha value is -5.45. The van der Waals surface area contributed by atoms with Gasteiger partial charge in [0.2, 0.25) is 11.8 Å². The van der Waals surface area contributed by atoms with Gasteiger partial charge in [-0.2, -0.15) is 5.26 Å². The third-order valence-corrected chi connectivity index (χ3v) is 14.0. The van der Waals surface area contributed by atoms with Gasteiger partial charge in [-0.15, -0.1) is 0 Å². The molecule has 2 N–H and O–H groups in total. The highest BCUT2D eigenvalue weighted by Gasteiger charge is 2.64. The molecule has 0 spiro atoms. The Balaban J connectivity index is 0.804. The summed E-state index contributed by atoms with van der Waals surface area (Å²) in [5.41, 5.74) is 3.01. The fraction of sp³-hybridized carbons (Fsp3) is 0.478. The normalized spacial score (nSPS) is 24.6. The van der Waals surface area contributed by atoms with E-state index in [1.54, 1.807) is 30.3 Å². The van der Waals surface area contributed by atoms with Crippen molar-refractivity contribution >= 4 is 52.5 Å². The smallest absolute Gasteiger partial charge is 0.262 e. The second-order valence-corrected chi connectivity index (χ2v) is 19.0. The van der Waals surface area contributed by atoms with Crippen LogP contribution in [-0.4, -0.2) is 103 Å². The minimum atomic E-state index is -0.978. The van der Waals surface area contributed by atoms with Gasteiger partial charge in [0, 0.05) is 92.1 Å². The average molecular weight is 834 g/mol. The zero-order valence-corrected chi connectivity index (χ0v) is 35.6. The Labute approximate surface area is 355 Å². The van der Waals surface area contributed by atoms with Gasteiger partial charge in [0.15, 0.2) is 0 Å². The van der Waals surface area contributed by atoms with E-state index in [9.17, 15) is 29.2 Å². The first kappa shape index (κ1) is 41.3. The van der Waals surface area contributed by atoms with E-state index < -0.39 is 29.7 Å². The molecule has 3 aromatic rings. The summed E-state index contributed by atoms with van der Waals surface area (Å²) in [6.07, 6.45) is 2.01. The molecule has 314 valence electrons. The number of hydrogen-bond donors (Lipinski definition) is 2. The van der Waals surface area contributed by atoms with Crippen LogP contribution in [0.25, 0.3) is 0 Å². The number of carbonyl (C=O) groups excluding carboxylic acids is 5. The monoisotopic (exact) mass is 833 g/mol. The zero-order chi connectivity index (χ0) is 42.7. The number of piperidine rings is 2. The number of piperazine rings is 1. The highest BCUT2D eigenvalue weighted by molar-refractivity contribution is 6.31. The van der Waals surface area contributed by atoms with Gasteiger partial charge in [0.1, 0.15) is 24.0 Å². The topological polar surface area (TPSA) is 155 Å². The molecule has 4 fully saturated rings. The van der Waals surface area contributed by atoms with Crippen molar-refractivity contribution in [1.29, 1.82) is 5.26 Å². The lowest BCUT2D eigenvalue weighted by Gasteiger charge is -2.63. The van der Waals surface area contributed by atoms with Crippen LogP contribution in [0, 0.1) is 27.6 Å². The number of anilines is 2. The Kier molecular flexibility index (Phi) is 10.7. The first-order valence-corrected chi connectivity index (χ1v) is 21.2. The number of nitrogens with zero attached hydrogens (tertiary/aromatic N) is 5. The molecule has 1 saturated carbocycles. The minimum Gasteiger partial charge on any atom is -0.489 e. The average Bonchev–Trinajstić information content (AvgIpc) is 3.47. The van der Waals surface area contributed by atoms with Crippen molar-refractivity contribution in [3.8, 4) is 11.8 Å². The number of imide groups is 2. The molecule has 60 heavy (non-hydrogen) atoms. The van der Waals surface area contributed by atoms with Crippen molar-refractivity contribution in [2.45, 2.75) is 78.5 Å². The molecule has 4 aliphatic heterocycles. The Bertz CT molecular complexity index is 2270. The van der Waals surface area contributed by atoms with Crippen LogP contribution in [0.3, 0.4) is 0 Å². The summed E-state index contributed by atoms with van der Waals surface area (Å²) in [4.78, 5) is 72.4. The van der Waals surface area contributed by atoms with Gasteiger partial charge in [0.05, 0.1) is 21.7 Å². The van der Waals surface area contributed by atoms with Crippen molar-refractivity contribution < 1.29 is 28.7 Å². The summed E-state index contributed by atoms with van der Waals surface area (Å²) in [5, 5.41) is 15.1. The number of fused-ring (bicyclic) bond motifs is 1. The third kappa shape index (κ3) is 7.49. The van der Waals surface area contributed by atoms with Crippen molar-refractivity contribution in [2.24, 2.45) is 16.2 Å². The third-order valence-electron chi connectivity index (χ3n) is 13.7. The molecule has 14 heteroatoms. The molecule has 5 amide bonds. The molecule has 1 unspecified atom stereocenters. The minimum absolute atomic E-state index is 0.0890. The molecule has 0 radical (unpaired) electrons. The molecule has 4 heterocycles. The lowest BCUT2D eigenvalue weighted by molar-refractivity contribution is -0.164. The highest BCUT2D eigenvalue weighted by Crippen LogP contribution is 2.55. The number of ether oxygens (including phenoxy) is 1. The first-order valence-electron chi connectivity index (χ1n) is 20.8. The molecule has 3 saturated heterocycles. The summed E-state index contributed by atoms with van der Waals surface area (Å²) in [7, 11) is 0. The van der Waals surface area contributed by atoms with Crippen LogP contribution < -0.4 is 25.2 Å². The van der Waals surface area contributed by atoms with E-state index in [-0.39, 0.29) is 47.1 Å². The highest BCUT2D eigenvalue weighted by atomic mass is 35.5. The van der Waals surface area contributed by atoms with Crippen molar-refractivity contribution in [3.05, 3.63) is 87.9 Å². The lowest BCUT2D eigenvalue weighted by Crippen LogP contribution is -2.74. The largest absolute Gasteiger partial charge is 0.489 e.